The number of anilines is 1. The normalized spacial score (nSPS) is 19.9. The second-order valence-corrected chi connectivity index (χ2v) is 4.15. The predicted octanol–water partition coefficient (Wildman–Crippen LogP) is 1.71. The van der Waals surface area contributed by atoms with Gasteiger partial charge in [0, 0.05) is 18.8 Å². The van der Waals surface area contributed by atoms with Gasteiger partial charge in [-0.25, -0.2) is 0 Å². The summed E-state index contributed by atoms with van der Waals surface area (Å²) in [5.74, 6) is 0. The number of benzene rings is 1. The van der Waals surface area contributed by atoms with E-state index in [0.29, 0.717) is 6.04 Å². The maximum absolute atomic E-state index is 3.22. The van der Waals surface area contributed by atoms with E-state index in [1.807, 2.05) is 7.05 Å². The lowest BCUT2D eigenvalue weighted by atomic mass is 10.1. The zero-order valence-electron chi connectivity index (χ0n) is 9.17. The molecule has 0 aliphatic carbocycles. The Bertz CT molecular complexity index is 333. The molecule has 1 heterocycles. The number of hydrogen-bond acceptors (Lipinski definition) is 2. The van der Waals surface area contributed by atoms with Crippen LogP contribution in [-0.2, 0) is 0 Å². The van der Waals surface area contributed by atoms with Gasteiger partial charge in [0.15, 0.2) is 0 Å². The molecule has 0 bridgehead atoms. The Balaban J connectivity index is 2.11. The van der Waals surface area contributed by atoms with Crippen molar-refractivity contribution >= 4 is 5.69 Å². The van der Waals surface area contributed by atoms with Crippen LogP contribution in [0.3, 0.4) is 0 Å². The van der Waals surface area contributed by atoms with Gasteiger partial charge < -0.3 is 10.2 Å². The molecule has 1 atom stereocenters. The largest absolute Gasteiger partial charge is 0.363 e. The summed E-state index contributed by atoms with van der Waals surface area (Å²) in [6.45, 7) is 6.62. The van der Waals surface area contributed by atoms with Crippen molar-refractivity contribution in [1.29, 1.82) is 0 Å². The van der Waals surface area contributed by atoms with Crippen molar-refractivity contribution in [3.63, 3.8) is 0 Å². The van der Waals surface area contributed by atoms with Crippen LogP contribution in [0.2, 0.25) is 0 Å². The van der Waals surface area contributed by atoms with Gasteiger partial charge >= 0.3 is 0 Å². The third kappa shape index (κ3) is 1.75. The fraction of sp³-hybridized carbons (Fsp3) is 0.500. The first-order chi connectivity index (χ1) is 6.72. The smallest absolute Gasteiger partial charge is 0.0590 e. The van der Waals surface area contributed by atoms with Crippen LogP contribution in [0.4, 0.5) is 5.69 Å². The number of rotatable bonds is 3. The first kappa shape index (κ1) is 9.53. The second-order valence-electron chi connectivity index (χ2n) is 4.15. The lowest BCUT2D eigenvalue weighted by Gasteiger charge is -2.09. The highest BCUT2D eigenvalue weighted by Gasteiger charge is 2.33. The van der Waals surface area contributed by atoms with Crippen LogP contribution in [0.1, 0.15) is 11.1 Å². The van der Waals surface area contributed by atoms with E-state index in [0.717, 1.165) is 6.54 Å². The molecule has 0 radical (unpaired) electrons. The Labute approximate surface area is 85.9 Å². The second kappa shape index (κ2) is 3.62. The van der Waals surface area contributed by atoms with Crippen LogP contribution in [0.15, 0.2) is 18.2 Å². The minimum atomic E-state index is 0.710. The minimum absolute atomic E-state index is 0.710. The number of nitrogens with one attached hydrogen (secondary N) is 1. The molecule has 1 fully saturated rings. The van der Waals surface area contributed by atoms with E-state index < -0.39 is 0 Å². The Hall–Kier alpha value is -1.02. The van der Waals surface area contributed by atoms with Gasteiger partial charge in [-0.3, -0.25) is 0 Å². The molecule has 76 valence electrons. The van der Waals surface area contributed by atoms with Gasteiger partial charge in [0.25, 0.3) is 0 Å². The molecule has 1 saturated heterocycles. The maximum Gasteiger partial charge on any atom is 0.0590 e. The summed E-state index contributed by atoms with van der Waals surface area (Å²) in [5.41, 5.74) is 4.14. The third-order valence-corrected chi connectivity index (χ3v) is 2.82. The fourth-order valence-electron chi connectivity index (χ4n) is 2.01. The molecule has 0 saturated carbocycles. The van der Waals surface area contributed by atoms with Crippen molar-refractivity contribution in [2.24, 2.45) is 0 Å². The molecule has 1 aromatic carbocycles. The van der Waals surface area contributed by atoms with Gasteiger partial charge in [-0.05, 0) is 32.5 Å². The molecule has 14 heavy (non-hydrogen) atoms. The molecular weight excluding hydrogens is 172 g/mol. The van der Waals surface area contributed by atoms with E-state index in [1.54, 1.807) is 0 Å². The maximum atomic E-state index is 3.22. The average molecular weight is 190 g/mol. The van der Waals surface area contributed by atoms with Crippen molar-refractivity contribution in [2.75, 3.05) is 25.0 Å². The highest BCUT2D eigenvalue weighted by atomic mass is 15.3. The molecule has 2 rings (SSSR count). The van der Waals surface area contributed by atoms with E-state index in [1.165, 1.54) is 23.4 Å². The minimum Gasteiger partial charge on any atom is -0.363 e. The standard InChI is InChI=1S/C12H18N2/c1-9-4-5-12(10(2)6-9)14-8-11(14)7-13-3/h4-6,11,13H,7-8H2,1-3H3. The molecule has 2 nitrogen and oxygen atoms in total. The Morgan fingerprint density at radius 2 is 2.21 bits per heavy atom. The highest BCUT2D eigenvalue weighted by molar-refractivity contribution is 5.60. The van der Waals surface area contributed by atoms with Gasteiger partial charge in [0.1, 0.15) is 0 Å². The summed E-state index contributed by atoms with van der Waals surface area (Å²) >= 11 is 0. The van der Waals surface area contributed by atoms with E-state index >= 15 is 0 Å². The molecule has 1 unspecified atom stereocenters. The monoisotopic (exact) mass is 190 g/mol. The number of hydrogen-bond donors (Lipinski definition) is 1. The number of nitrogens with zero attached hydrogens (tertiary/aromatic N) is 1. The van der Waals surface area contributed by atoms with E-state index in [2.05, 4.69) is 42.3 Å². The molecule has 0 amide bonds. The van der Waals surface area contributed by atoms with Gasteiger partial charge in [-0.1, -0.05) is 17.7 Å². The Morgan fingerprint density at radius 3 is 2.86 bits per heavy atom. The van der Waals surface area contributed by atoms with Gasteiger partial charge in [0.2, 0.25) is 0 Å². The van der Waals surface area contributed by atoms with Crippen LogP contribution < -0.4 is 10.2 Å². The molecule has 1 aromatic rings. The predicted molar refractivity (Wildman–Crippen MR) is 61.0 cm³/mol. The zero-order valence-corrected chi connectivity index (χ0v) is 9.17. The van der Waals surface area contributed by atoms with E-state index in [4.69, 9.17) is 0 Å². The Kier molecular flexibility index (Phi) is 2.46. The molecular formula is C12H18N2. The zero-order chi connectivity index (χ0) is 10.1. The summed E-state index contributed by atoms with van der Waals surface area (Å²) in [5, 5.41) is 3.22. The van der Waals surface area contributed by atoms with Gasteiger partial charge in [-0.2, -0.15) is 0 Å². The molecule has 0 spiro atoms. The topological polar surface area (TPSA) is 15.0 Å². The van der Waals surface area contributed by atoms with Crippen LogP contribution >= 0.6 is 0 Å². The quantitative estimate of drug-likeness (QED) is 0.730. The van der Waals surface area contributed by atoms with E-state index in [9.17, 15) is 0 Å². The van der Waals surface area contributed by atoms with Crippen LogP contribution in [0.5, 0.6) is 0 Å². The van der Waals surface area contributed by atoms with Gasteiger partial charge in [-0.15, -0.1) is 0 Å². The van der Waals surface area contributed by atoms with Crippen molar-refractivity contribution in [3.05, 3.63) is 29.3 Å². The van der Waals surface area contributed by atoms with Crippen molar-refractivity contribution in [3.8, 4) is 0 Å². The van der Waals surface area contributed by atoms with Gasteiger partial charge in [0.05, 0.1) is 6.04 Å². The fourth-order valence-corrected chi connectivity index (χ4v) is 2.01. The number of likely N-dealkylation sites (N-methyl/N-ethyl adjacent to an activating group) is 1. The average Bonchev–Trinajstić information content (AvgIpc) is 2.84. The van der Waals surface area contributed by atoms with Crippen molar-refractivity contribution in [2.45, 2.75) is 19.9 Å². The summed E-state index contributed by atoms with van der Waals surface area (Å²) in [6, 6.07) is 7.39. The Morgan fingerprint density at radius 1 is 1.43 bits per heavy atom. The van der Waals surface area contributed by atoms with Crippen molar-refractivity contribution in [1.82, 2.24) is 5.32 Å². The van der Waals surface area contributed by atoms with Crippen LogP contribution in [0, 0.1) is 13.8 Å². The molecule has 1 aliphatic rings. The van der Waals surface area contributed by atoms with Crippen LogP contribution in [0.25, 0.3) is 0 Å². The molecule has 2 heteroatoms. The SMILES string of the molecule is CNCC1CN1c1ccc(C)cc1C. The van der Waals surface area contributed by atoms with Crippen molar-refractivity contribution < 1.29 is 0 Å². The lowest BCUT2D eigenvalue weighted by Crippen LogP contribution is -2.17. The summed E-state index contributed by atoms with van der Waals surface area (Å²) in [4.78, 5) is 2.45. The van der Waals surface area contributed by atoms with Crippen LogP contribution in [-0.4, -0.2) is 26.2 Å². The molecule has 1 N–H and O–H groups in total. The lowest BCUT2D eigenvalue weighted by molar-refractivity contribution is 0.790. The van der Waals surface area contributed by atoms with E-state index in [-0.39, 0.29) is 0 Å². The molecule has 0 aromatic heterocycles. The summed E-state index contributed by atoms with van der Waals surface area (Å²) in [6.07, 6.45) is 0. The number of aryl methyl sites for hydroxylation is 2. The highest BCUT2D eigenvalue weighted by Crippen LogP contribution is 2.30. The molecule has 1 aliphatic heterocycles. The summed E-state index contributed by atoms with van der Waals surface area (Å²) < 4.78 is 0. The first-order valence-corrected chi connectivity index (χ1v) is 5.21. The third-order valence-electron chi connectivity index (χ3n) is 2.82. The summed E-state index contributed by atoms with van der Waals surface area (Å²) in [7, 11) is 2.01. The first-order valence-electron chi connectivity index (χ1n) is 5.21.